The topological polar surface area (TPSA) is 83.3 Å². The van der Waals surface area contributed by atoms with Gasteiger partial charge in [0.15, 0.2) is 0 Å². The number of nitrogens with zero attached hydrogens (tertiary/aromatic N) is 2. The average Bonchev–Trinajstić information content (AvgIpc) is 2.38. The van der Waals surface area contributed by atoms with Crippen molar-refractivity contribution >= 4 is 28.6 Å². The molecule has 6 heteroatoms. The van der Waals surface area contributed by atoms with Crippen molar-refractivity contribution in [2.75, 3.05) is 6.61 Å². The highest BCUT2D eigenvalue weighted by Gasteiger charge is 2.11. The SMILES string of the molecule is CC(CO)Sc1ncnc2cc(C(=O)O)ccc12. The van der Waals surface area contributed by atoms with Gasteiger partial charge in [-0.3, -0.25) is 0 Å². The number of carbonyl (C=O) groups is 1. The van der Waals surface area contributed by atoms with Crippen molar-refractivity contribution in [2.24, 2.45) is 0 Å². The molecule has 1 unspecified atom stereocenters. The monoisotopic (exact) mass is 264 g/mol. The Morgan fingerprint density at radius 3 is 2.89 bits per heavy atom. The van der Waals surface area contributed by atoms with Gasteiger partial charge >= 0.3 is 5.97 Å². The summed E-state index contributed by atoms with van der Waals surface area (Å²) in [5, 5.41) is 19.5. The molecule has 1 aromatic heterocycles. The van der Waals surface area contributed by atoms with E-state index >= 15 is 0 Å². The van der Waals surface area contributed by atoms with Crippen molar-refractivity contribution in [3.63, 3.8) is 0 Å². The summed E-state index contributed by atoms with van der Waals surface area (Å²) in [7, 11) is 0. The van der Waals surface area contributed by atoms with E-state index in [-0.39, 0.29) is 17.4 Å². The predicted molar refractivity (Wildman–Crippen MR) is 68.9 cm³/mol. The molecule has 5 nitrogen and oxygen atoms in total. The van der Waals surface area contributed by atoms with Crippen molar-refractivity contribution in [3.05, 3.63) is 30.1 Å². The van der Waals surface area contributed by atoms with Gasteiger partial charge in [-0.15, -0.1) is 11.8 Å². The van der Waals surface area contributed by atoms with Crippen LogP contribution in [0.4, 0.5) is 0 Å². The summed E-state index contributed by atoms with van der Waals surface area (Å²) >= 11 is 1.44. The Morgan fingerprint density at radius 1 is 1.44 bits per heavy atom. The molecule has 0 radical (unpaired) electrons. The van der Waals surface area contributed by atoms with E-state index in [1.165, 1.54) is 30.2 Å². The van der Waals surface area contributed by atoms with Crippen LogP contribution in [0.5, 0.6) is 0 Å². The average molecular weight is 264 g/mol. The second kappa shape index (κ2) is 5.32. The van der Waals surface area contributed by atoms with Gasteiger partial charge in [0.1, 0.15) is 11.4 Å². The highest BCUT2D eigenvalue weighted by atomic mass is 32.2. The number of hydrogen-bond donors (Lipinski definition) is 2. The number of aromatic carboxylic acids is 1. The molecule has 1 atom stereocenters. The number of benzene rings is 1. The highest BCUT2D eigenvalue weighted by molar-refractivity contribution is 8.00. The lowest BCUT2D eigenvalue weighted by atomic mass is 10.1. The maximum absolute atomic E-state index is 10.9. The van der Waals surface area contributed by atoms with Crippen LogP contribution >= 0.6 is 11.8 Å². The third-order valence-corrected chi connectivity index (χ3v) is 3.52. The van der Waals surface area contributed by atoms with Gasteiger partial charge in [-0.05, 0) is 18.2 Å². The third kappa shape index (κ3) is 2.60. The van der Waals surface area contributed by atoms with Gasteiger partial charge in [0.05, 0.1) is 17.7 Å². The van der Waals surface area contributed by atoms with Crippen LogP contribution in [-0.2, 0) is 0 Å². The molecule has 0 aliphatic carbocycles. The van der Waals surface area contributed by atoms with Gasteiger partial charge in [-0.1, -0.05) is 6.92 Å². The van der Waals surface area contributed by atoms with Crippen LogP contribution in [0, 0.1) is 0 Å². The molecule has 2 aromatic rings. The molecule has 0 spiro atoms. The first-order valence-corrected chi connectivity index (χ1v) is 6.25. The minimum atomic E-state index is -0.978. The van der Waals surface area contributed by atoms with E-state index in [1.807, 2.05) is 6.92 Å². The van der Waals surface area contributed by atoms with E-state index < -0.39 is 5.97 Å². The molecule has 0 fully saturated rings. The fourth-order valence-corrected chi connectivity index (χ4v) is 2.35. The number of aliphatic hydroxyl groups excluding tert-OH is 1. The molecule has 18 heavy (non-hydrogen) atoms. The molecule has 0 saturated carbocycles. The fourth-order valence-electron chi connectivity index (χ4n) is 1.49. The van der Waals surface area contributed by atoms with Crippen molar-refractivity contribution in [1.29, 1.82) is 0 Å². The second-order valence-corrected chi connectivity index (χ2v) is 5.25. The zero-order valence-electron chi connectivity index (χ0n) is 9.70. The predicted octanol–water partition coefficient (Wildman–Crippen LogP) is 1.80. The second-order valence-electron chi connectivity index (χ2n) is 3.83. The van der Waals surface area contributed by atoms with Gasteiger partial charge in [0.25, 0.3) is 0 Å². The summed E-state index contributed by atoms with van der Waals surface area (Å²) in [5.41, 5.74) is 0.796. The number of hydrogen-bond acceptors (Lipinski definition) is 5. The molecule has 1 heterocycles. The number of rotatable bonds is 4. The standard InChI is InChI=1S/C12H12N2O3S/c1-7(5-15)18-11-9-3-2-8(12(16)17)4-10(9)13-6-14-11/h2-4,6-7,15H,5H2,1H3,(H,16,17). The summed E-state index contributed by atoms with van der Waals surface area (Å²) in [5.74, 6) is -0.978. The van der Waals surface area contributed by atoms with Crippen LogP contribution in [0.3, 0.4) is 0 Å². The Labute approximate surface area is 108 Å². The van der Waals surface area contributed by atoms with Crippen molar-refractivity contribution in [3.8, 4) is 0 Å². The van der Waals surface area contributed by atoms with Crippen LogP contribution in [0.2, 0.25) is 0 Å². The lowest BCUT2D eigenvalue weighted by molar-refractivity contribution is 0.0697. The van der Waals surface area contributed by atoms with Crippen molar-refractivity contribution < 1.29 is 15.0 Å². The van der Waals surface area contributed by atoms with Crippen LogP contribution in [-0.4, -0.2) is 38.0 Å². The first-order valence-electron chi connectivity index (χ1n) is 5.37. The van der Waals surface area contributed by atoms with Crippen LogP contribution in [0.25, 0.3) is 10.9 Å². The van der Waals surface area contributed by atoms with Gasteiger partial charge in [0.2, 0.25) is 0 Å². The maximum Gasteiger partial charge on any atom is 0.335 e. The van der Waals surface area contributed by atoms with E-state index in [0.29, 0.717) is 5.52 Å². The Morgan fingerprint density at radius 2 is 2.22 bits per heavy atom. The van der Waals surface area contributed by atoms with Crippen LogP contribution in [0.15, 0.2) is 29.6 Å². The van der Waals surface area contributed by atoms with Gasteiger partial charge in [-0.25, -0.2) is 14.8 Å². The molecule has 0 amide bonds. The number of thioether (sulfide) groups is 1. The Bertz CT molecular complexity index is 589. The molecule has 0 aliphatic heterocycles. The quantitative estimate of drug-likeness (QED) is 0.647. The molecule has 0 aliphatic rings. The summed E-state index contributed by atoms with van der Waals surface area (Å²) in [6.07, 6.45) is 1.40. The van der Waals surface area contributed by atoms with E-state index in [2.05, 4.69) is 9.97 Å². The molecule has 0 bridgehead atoms. The van der Waals surface area contributed by atoms with E-state index in [0.717, 1.165) is 10.4 Å². The molecule has 94 valence electrons. The molecule has 0 saturated heterocycles. The third-order valence-electron chi connectivity index (χ3n) is 2.42. The number of aromatic nitrogens is 2. The normalized spacial score (nSPS) is 12.6. The summed E-state index contributed by atoms with van der Waals surface area (Å²) in [6, 6.07) is 4.75. The van der Waals surface area contributed by atoms with Crippen molar-refractivity contribution in [1.82, 2.24) is 9.97 Å². The number of carboxylic acid groups (broad SMARTS) is 1. The van der Waals surface area contributed by atoms with Crippen LogP contribution < -0.4 is 0 Å². The summed E-state index contributed by atoms with van der Waals surface area (Å²) in [4.78, 5) is 19.1. The minimum Gasteiger partial charge on any atom is -0.478 e. The lowest BCUT2D eigenvalue weighted by Crippen LogP contribution is -2.03. The molecule has 2 N–H and O–H groups in total. The first kappa shape index (κ1) is 12.8. The maximum atomic E-state index is 10.9. The zero-order valence-corrected chi connectivity index (χ0v) is 10.5. The smallest absolute Gasteiger partial charge is 0.335 e. The Hall–Kier alpha value is -1.66. The lowest BCUT2D eigenvalue weighted by Gasteiger charge is -2.09. The summed E-state index contributed by atoms with van der Waals surface area (Å²) in [6.45, 7) is 1.95. The summed E-state index contributed by atoms with van der Waals surface area (Å²) < 4.78 is 0. The number of carboxylic acids is 1. The van der Waals surface area contributed by atoms with E-state index in [9.17, 15) is 4.79 Å². The molecule has 2 rings (SSSR count). The van der Waals surface area contributed by atoms with Gasteiger partial charge < -0.3 is 10.2 Å². The Kier molecular flexibility index (Phi) is 3.78. The van der Waals surface area contributed by atoms with E-state index in [4.69, 9.17) is 10.2 Å². The fraction of sp³-hybridized carbons (Fsp3) is 0.250. The van der Waals surface area contributed by atoms with Crippen LogP contribution in [0.1, 0.15) is 17.3 Å². The minimum absolute atomic E-state index is 0.0299. The molecular formula is C12H12N2O3S. The largest absolute Gasteiger partial charge is 0.478 e. The highest BCUT2D eigenvalue weighted by Crippen LogP contribution is 2.28. The van der Waals surface area contributed by atoms with Crippen molar-refractivity contribution in [2.45, 2.75) is 17.2 Å². The van der Waals surface area contributed by atoms with Gasteiger partial charge in [-0.2, -0.15) is 0 Å². The van der Waals surface area contributed by atoms with E-state index in [1.54, 1.807) is 6.07 Å². The van der Waals surface area contributed by atoms with Gasteiger partial charge in [0, 0.05) is 10.6 Å². The molecular weight excluding hydrogens is 252 g/mol. The Balaban J connectivity index is 2.47. The number of fused-ring (bicyclic) bond motifs is 1. The first-order chi connectivity index (χ1) is 8.61. The molecule has 1 aromatic carbocycles. The number of aliphatic hydroxyl groups is 1. The zero-order chi connectivity index (χ0) is 13.1.